The zero-order chi connectivity index (χ0) is 7.56. The monoisotopic (exact) mass is 133 g/mol. The Labute approximate surface area is 61.7 Å². The van der Waals surface area contributed by atoms with Crippen LogP contribution in [0.25, 0.3) is 0 Å². The smallest absolute Gasteiger partial charge is 0.0399 e. The Morgan fingerprint density at radius 3 is 2.60 bits per heavy atom. The lowest BCUT2D eigenvalue weighted by Crippen LogP contribution is -2.25. The topological polar surface area (TPSA) is 3.24 Å². The van der Waals surface area contributed by atoms with Crippen molar-refractivity contribution < 1.29 is 0 Å². The average molecular weight is 133 g/mol. The van der Waals surface area contributed by atoms with E-state index in [2.05, 4.69) is 29.0 Å². The quantitative estimate of drug-likeness (QED) is 0.514. The van der Waals surface area contributed by atoms with Crippen LogP contribution in [0, 0.1) is 0 Å². The molecule has 1 aliphatic carbocycles. The largest absolute Gasteiger partial charge is 0.302 e. The van der Waals surface area contributed by atoms with E-state index in [1.54, 1.807) is 0 Å². The molecule has 0 unspecified atom stereocenters. The minimum Gasteiger partial charge on any atom is -0.302 e. The molecule has 0 spiro atoms. The van der Waals surface area contributed by atoms with E-state index in [0.29, 0.717) is 6.04 Å². The lowest BCUT2D eigenvalue weighted by Gasteiger charge is -2.17. The van der Waals surface area contributed by atoms with Crippen LogP contribution in [0.2, 0.25) is 0 Å². The van der Waals surface area contributed by atoms with Gasteiger partial charge in [-0.25, -0.2) is 0 Å². The van der Waals surface area contributed by atoms with Gasteiger partial charge in [-0.1, -0.05) is 11.5 Å². The normalized spacial score (nSPS) is 16.6. The highest BCUT2D eigenvalue weighted by Gasteiger charge is 2.07. The Balaban J connectivity index is 2.70. The minimum atomic E-state index is 0.419. The van der Waals surface area contributed by atoms with E-state index in [1.807, 2.05) is 20.2 Å². The first kappa shape index (κ1) is 7.15. The van der Waals surface area contributed by atoms with E-state index in [4.69, 9.17) is 0 Å². The first-order valence-corrected chi connectivity index (χ1v) is 3.35. The fraction of sp³-hybridized carbons (Fsp3) is 0.444. The SMILES string of the molecule is C[C@H](C1=C=C=C=C1)N(C)C. The summed E-state index contributed by atoms with van der Waals surface area (Å²) in [6.07, 6.45) is 1.92. The predicted octanol–water partition coefficient (Wildman–Crippen LogP) is 1.34. The van der Waals surface area contributed by atoms with Crippen LogP contribution in [-0.2, 0) is 0 Å². The van der Waals surface area contributed by atoms with Gasteiger partial charge in [-0.05, 0) is 26.8 Å². The fourth-order valence-electron chi connectivity index (χ4n) is 0.761. The molecule has 0 bridgehead atoms. The highest BCUT2D eigenvalue weighted by atomic mass is 15.1. The summed E-state index contributed by atoms with van der Waals surface area (Å²) >= 11 is 0. The van der Waals surface area contributed by atoms with Crippen molar-refractivity contribution in [3.63, 3.8) is 0 Å². The summed E-state index contributed by atoms with van der Waals surface area (Å²) in [6.45, 7) is 2.13. The van der Waals surface area contributed by atoms with E-state index in [-0.39, 0.29) is 0 Å². The number of rotatable bonds is 2. The van der Waals surface area contributed by atoms with Crippen molar-refractivity contribution in [2.75, 3.05) is 14.1 Å². The molecule has 1 heteroatoms. The molecule has 1 aliphatic rings. The highest BCUT2D eigenvalue weighted by Crippen LogP contribution is 2.07. The standard InChI is InChI=1S/C9H11N/c1-8(10(2)3)9-6-4-5-7-9/h6,8H,1-3H3/t8-/m1/s1. The molecule has 0 heterocycles. The van der Waals surface area contributed by atoms with Crippen molar-refractivity contribution in [1.82, 2.24) is 4.90 Å². The second-order valence-corrected chi connectivity index (χ2v) is 2.63. The summed E-state index contributed by atoms with van der Waals surface area (Å²) in [7, 11) is 4.09. The molecule has 0 N–H and O–H groups in total. The van der Waals surface area contributed by atoms with E-state index >= 15 is 0 Å². The number of hydrogen-bond acceptors (Lipinski definition) is 1. The highest BCUT2D eigenvalue weighted by molar-refractivity contribution is 5.26. The van der Waals surface area contributed by atoms with Crippen LogP contribution < -0.4 is 0 Å². The minimum absolute atomic E-state index is 0.419. The van der Waals surface area contributed by atoms with Crippen LogP contribution in [-0.4, -0.2) is 25.0 Å². The second kappa shape index (κ2) is 2.75. The third-order valence-corrected chi connectivity index (χ3v) is 1.73. The van der Waals surface area contributed by atoms with Crippen molar-refractivity contribution in [2.24, 2.45) is 0 Å². The van der Waals surface area contributed by atoms with Gasteiger partial charge in [-0.2, -0.15) is 0 Å². The Morgan fingerprint density at radius 2 is 2.20 bits per heavy atom. The molecule has 0 aromatic heterocycles. The van der Waals surface area contributed by atoms with E-state index in [9.17, 15) is 0 Å². The van der Waals surface area contributed by atoms with Crippen LogP contribution in [0.5, 0.6) is 0 Å². The van der Waals surface area contributed by atoms with E-state index in [0.717, 1.165) is 5.57 Å². The van der Waals surface area contributed by atoms with Gasteiger partial charge in [0, 0.05) is 17.7 Å². The molecule has 0 aromatic rings. The van der Waals surface area contributed by atoms with E-state index < -0.39 is 0 Å². The summed E-state index contributed by atoms with van der Waals surface area (Å²) in [5.74, 6) is 0. The molecular formula is C9H11N. The third-order valence-electron chi connectivity index (χ3n) is 1.73. The van der Waals surface area contributed by atoms with Gasteiger partial charge in [0.15, 0.2) is 0 Å². The summed E-state index contributed by atoms with van der Waals surface area (Å²) in [5.41, 5.74) is 9.80. The maximum atomic E-state index is 3.00. The lowest BCUT2D eigenvalue weighted by molar-refractivity contribution is 0.355. The Morgan fingerprint density at radius 1 is 1.50 bits per heavy atom. The number of likely N-dealkylation sites (N-methyl/N-ethyl adjacent to an activating group) is 1. The lowest BCUT2D eigenvalue weighted by atomic mass is 10.1. The van der Waals surface area contributed by atoms with Gasteiger partial charge < -0.3 is 4.90 Å². The van der Waals surface area contributed by atoms with E-state index in [1.165, 1.54) is 0 Å². The zero-order valence-corrected chi connectivity index (χ0v) is 6.60. The second-order valence-electron chi connectivity index (χ2n) is 2.63. The van der Waals surface area contributed by atoms with Crippen molar-refractivity contribution in [3.8, 4) is 0 Å². The van der Waals surface area contributed by atoms with Gasteiger partial charge in [-0.3, -0.25) is 0 Å². The van der Waals surface area contributed by atoms with Crippen LogP contribution in [0.1, 0.15) is 6.92 Å². The number of hydrogen-bond donors (Lipinski definition) is 0. The van der Waals surface area contributed by atoms with Crippen LogP contribution in [0.15, 0.2) is 28.8 Å². The molecule has 1 atom stereocenters. The van der Waals surface area contributed by atoms with Gasteiger partial charge in [0.25, 0.3) is 0 Å². The molecule has 0 saturated heterocycles. The summed E-state index contributed by atoms with van der Waals surface area (Å²) in [4.78, 5) is 2.13. The Bertz CT molecular complexity index is 254. The Hall–Kier alpha value is -0.960. The van der Waals surface area contributed by atoms with Crippen molar-refractivity contribution in [3.05, 3.63) is 28.8 Å². The molecule has 52 valence electrons. The third kappa shape index (κ3) is 1.30. The van der Waals surface area contributed by atoms with Gasteiger partial charge in [0.2, 0.25) is 0 Å². The van der Waals surface area contributed by atoms with Crippen LogP contribution >= 0.6 is 0 Å². The van der Waals surface area contributed by atoms with Gasteiger partial charge in [-0.15, -0.1) is 0 Å². The molecule has 10 heavy (non-hydrogen) atoms. The molecule has 0 aliphatic heterocycles. The maximum Gasteiger partial charge on any atom is 0.0399 e. The van der Waals surface area contributed by atoms with Gasteiger partial charge in [0.05, 0.1) is 0 Å². The molecular weight excluding hydrogens is 122 g/mol. The number of nitrogens with zero attached hydrogens (tertiary/aromatic N) is 1. The summed E-state index contributed by atoms with van der Waals surface area (Å²) in [6, 6.07) is 0.419. The van der Waals surface area contributed by atoms with Crippen molar-refractivity contribution >= 4 is 0 Å². The molecule has 0 amide bonds. The van der Waals surface area contributed by atoms with Crippen LogP contribution in [0.3, 0.4) is 0 Å². The fourth-order valence-corrected chi connectivity index (χ4v) is 0.761. The molecule has 0 fully saturated rings. The van der Waals surface area contributed by atoms with Gasteiger partial charge in [0.1, 0.15) is 0 Å². The molecule has 0 aromatic carbocycles. The predicted molar refractivity (Wildman–Crippen MR) is 41.8 cm³/mol. The summed E-state index contributed by atoms with van der Waals surface area (Å²) in [5, 5.41) is 0. The first-order chi connectivity index (χ1) is 4.72. The maximum absolute atomic E-state index is 3.00. The first-order valence-electron chi connectivity index (χ1n) is 3.35. The molecule has 0 saturated carbocycles. The molecule has 0 radical (unpaired) electrons. The van der Waals surface area contributed by atoms with Crippen LogP contribution in [0.4, 0.5) is 0 Å². The Kier molecular flexibility index (Phi) is 1.97. The van der Waals surface area contributed by atoms with Crippen molar-refractivity contribution in [1.29, 1.82) is 0 Å². The molecule has 1 nitrogen and oxygen atoms in total. The van der Waals surface area contributed by atoms with Crippen molar-refractivity contribution in [2.45, 2.75) is 13.0 Å². The summed E-state index contributed by atoms with van der Waals surface area (Å²) < 4.78 is 0. The average Bonchev–Trinajstić information content (AvgIpc) is 2.36. The zero-order valence-electron chi connectivity index (χ0n) is 6.60. The van der Waals surface area contributed by atoms with Gasteiger partial charge >= 0.3 is 0 Å². The molecule has 1 rings (SSSR count).